The quantitative estimate of drug-likeness (QED) is 0.796. The molecule has 3 nitrogen and oxygen atoms in total. The van der Waals surface area contributed by atoms with Gasteiger partial charge in [0.25, 0.3) is 0 Å². The van der Waals surface area contributed by atoms with Crippen LogP contribution in [-0.4, -0.2) is 19.8 Å². The molecule has 98 valence electrons. The van der Waals surface area contributed by atoms with Crippen LogP contribution in [0.5, 0.6) is 0 Å². The monoisotopic (exact) mass is 312 g/mol. The Balaban J connectivity index is 2.03. The first-order valence-corrected chi connectivity index (χ1v) is 6.93. The highest BCUT2D eigenvalue weighted by atomic mass is 79.9. The zero-order valence-electron chi connectivity index (χ0n) is 10.9. The topological polar surface area (TPSA) is 27.7 Å². The second-order valence-electron chi connectivity index (χ2n) is 5.58. The number of benzene rings is 1. The summed E-state index contributed by atoms with van der Waals surface area (Å²) in [5.41, 5.74) is 3.32. The molecule has 18 heavy (non-hydrogen) atoms. The van der Waals surface area contributed by atoms with Crippen molar-refractivity contribution < 1.29 is 14.2 Å². The molecule has 3 heterocycles. The second kappa shape index (κ2) is 4.04. The molecule has 0 N–H and O–H groups in total. The molecule has 2 bridgehead atoms. The van der Waals surface area contributed by atoms with Crippen LogP contribution in [0.3, 0.4) is 0 Å². The Morgan fingerprint density at radius 3 is 2.11 bits per heavy atom. The van der Waals surface area contributed by atoms with Gasteiger partial charge in [-0.15, -0.1) is 0 Å². The van der Waals surface area contributed by atoms with E-state index in [1.165, 1.54) is 5.56 Å². The third-order valence-corrected chi connectivity index (χ3v) is 4.74. The minimum Gasteiger partial charge on any atom is -0.323 e. The van der Waals surface area contributed by atoms with Crippen LogP contribution in [0.15, 0.2) is 16.6 Å². The van der Waals surface area contributed by atoms with E-state index in [0.29, 0.717) is 19.8 Å². The SMILES string of the molecule is Cc1c(Br)ccc(C23OCC(C)(CO2)CO3)c1C. The lowest BCUT2D eigenvalue weighted by Crippen LogP contribution is -2.57. The van der Waals surface area contributed by atoms with Crippen LogP contribution in [-0.2, 0) is 20.2 Å². The van der Waals surface area contributed by atoms with Crippen molar-refractivity contribution in [3.63, 3.8) is 0 Å². The maximum Gasteiger partial charge on any atom is 0.312 e. The van der Waals surface area contributed by atoms with Crippen LogP contribution >= 0.6 is 15.9 Å². The number of halogens is 1. The third-order valence-electron chi connectivity index (χ3n) is 3.88. The fourth-order valence-electron chi connectivity index (χ4n) is 2.41. The number of fused-ring (bicyclic) bond motifs is 3. The molecule has 0 amide bonds. The van der Waals surface area contributed by atoms with Gasteiger partial charge in [-0.2, -0.15) is 0 Å². The summed E-state index contributed by atoms with van der Waals surface area (Å²) in [4.78, 5) is 0. The molecule has 0 spiro atoms. The van der Waals surface area contributed by atoms with Crippen molar-refractivity contribution in [3.8, 4) is 0 Å². The summed E-state index contributed by atoms with van der Waals surface area (Å²) in [6.45, 7) is 8.32. The zero-order valence-corrected chi connectivity index (χ0v) is 12.5. The summed E-state index contributed by atoms with van der Waals surface area (Å²) < 4.78 is 18.7. The fourth-order valence-corrected chi connectivity index (χ4v) is 2.84. The lowest BCUT2D eigenvalue weighted by molar-refractivity contribution is -0.477. The lowest BCUT2D eigenvalue weighted by atomic mass is 9.90. The van der Waals surface area contributed by atoms with E-state index >= 15 is 0 Å². The van der Waals surface area contributed by atoms with Crippen LogP contribution in [0.2, 0.25) is 0 Å². The van der Waals surface area contributed by atoms with E-state index in [9.17, 15) is 0 Å². The second-order valence-corrected chi connectivity index (χ2v) is 6.43. The number of hydrogen-bond donors (Lipinski definition) is 0. The maximum atomic E-state index is 5.87. The van der Waals surface area contributed by atoms with E-state index < -0.39 is 5.97 Å². The molecular formula is C14H17BrO3. The van der Waals surface area contributed by atoms with Crippen LogP contribution < -0.4 is 0 Å². The molecule has 3 fully saturated rings. The molecule has 3 saturated heterocycles. The Morgan fingerprint density at radius 2 is 1.56 bits per heavy atom. The Hall–Kier alpha value is -0.420. The minimum absolute atomic E-state index is 0.0000626. The third kappa shape index (κ3) is 1.74. The van der Waals surface area contributed by atoms with Crippen molar-refractivity contribution >= 4 is 15.9 Å². The molecule has 1 aromatic rings. The van der Waals surface area contributed by atoms with Crippen LogP contribution in [0.1, 0.15) is 23.6 Å². The van der Waals surface area contributed by atoms with Gasteiger partial charge < -0.3 is 14.2 Å². The van der Waals surface area contributed by atoms with Gasteiger partial charge in [-0.05, 0) is 37.1 Å². The van der Waals surface area contributed by atoms with Crippen LogP contribution in [0.4, 0.5) is 0 Å². The molecule has 0 atom stereocenters. The highest BCUT2D eigenvalue weighted by Crippen LogP contribution is 2.45. The van der Waals surface area contributed by atoms with Crippen molar-refractivity contribution in [1.82, 2.24) is 0 Å². The number of hydrogen-bond acceptors (Lipinski definition) is 3. The number of ether oxygens (including phenoxy) is 3. The predicted molar refractivity (Wildman–Crippen MR) is 71.3 cm³/mol. The van der Waals surface area contributed by atoms with Crippen molar-refractivity contribution in [2.24, 2.45) is 5.41 Å². The van der Waals surface area contributed by atoms with Gasteiger partial charge in [-0.3, -0.25) is 0 Å². The molecular weight excluding hydrogens is 296 g/mol. The summed E-state index contributed by atoms with van der Waals surface area (Å²) in [5, 5.41) is 0. The van der Waals surface area contributed by atoms with Gasteiger partial charge >= 0.3 is 5.97 Å². The highest BCUT2D eigenvalue weighted by molar-refractivity contribution is 9.10. The van der Waals surface area contributed by atoms with Gasteiger partial charge in [0.2, 0.25) is 0 Å². The largest absolute Gasteiger partial charge is 0.323 e. The van der Waals surface area contributed by atoms with Crippen LogP contribution in [0.25, 0.3) is 0 Å². The Kier molecular flexibility index (Phi) is 2.83. The zero-order chi connectivity index (χ0) is 13.0. The molecule has 0 radical (unpaired) electrons. The van der Waals surface area contributed by atoms with E-state index in [-0.39, 0.29) is 5.41 Å². The molecule has 0 saturated carbocycles. The van der Waals surface area contributed by atoms with Crippen molar-refractivity contribution in [3.05, 3.63) is 33.3 Å². The first-order valence-electron chi connectivity index (χ1n) is 6.14. The molecule has 1 aromatic carbocycles. The average molecular weight is 313 g/mol. The van der Waals surface area contributed by atoms with Gasteiger partial charge in [0.05, 0.1) is 19.8 Å². The smallest absolute Gasteiger partial charge is 0.312 e. The number of rotatable bonds is 1. The molecule has 4 heteroatoms. The van der Waals surface area contributed by atoms with Gasteiger partial charge in [-0.25, -0.2) is 0 Å². The molecule has 3 aliphatic heterocycles. The first-order chi connectivity index (χ1) is 8.46. The highest BCUT2D eigenvalue weighted by Gasteiger charge is 2.52. The van der Waals surface area contributed by atoms with Gasteiger partial charge in [0.1, 0.15) is 0 Å². The molecule has 3 aliphatic rings. The van der Waals surface area contributed by atoms with E-state index in [1.54, 1.807) is 0 Å². The van der Waals surface area contributed by atoms with Gasteiger partial charge in [0.15, 0.2) is 0 Å². The fraction of sp³-hybridized carbons (Fsp3) is 0.571. The van der Waals surface area contributed by atoms with Crippen LogP contribution in [0, 0.1) is 19.3 Å². The first kappa shape index (κ1) is 12.6. The molecule has 0 unspecified atom stereocenters. The normalized spacial score (nSPS) is 34.9. The van der Waals surface area contributed by atoms with E-state index in [4.69, 9.17) is 14.2 Å². The Bertz CT molecular complexity index is 474. The summed E-state index contributed by atoms with van der Waals surface area (Å²) in [5.74, 6) is -0.993. The Labute approximate surface area is 116 Å². The molecule has 4 rings (SSSR count). The molecule has 0 aromatic heterocycles. The van der Waals surface area contributed by atoms with E-state index in [2.05, 4.69) is 36.7 Å². The standard InChI is InChI=1S/C14H17BrO3/c1-9-10(2)12(15)5-4-11(9)14-16-6-13(3,7-17-14)8-18-14/h4-5H,6-8H2,1-3H3. The predicted octanol–water partition coefficient (Wildman–Crippen LogP) is 3.26. The summed E-state index contributed by atoms with van der Waals surface area (Å²) in [6, 6.07) is 4.03. The van der Waals surface area contributed by atoms with E-state index in [0.717, 1.165) is 15.6 Å². The van der Waals surface area contributed by atoms with Crippen molar-refractivity contribution in [2.75, 3.05) is 19.8 Å². The minimum atomic E-state index is -0.993. The maximum absolute atomic E-state index is 5.87. The average Bonchev–Trinajstić information content (AvgIpc) is 2.38. The van der Waals surface area contributed by atoms with E-state index in [1.807, 2.05) is 12.1 Å². The van der Waals surface area contributed by atoms with Gasteiger partial charge in [-0.1, -0.05) is 22.9 Å². The summed E-state index contributed by atoms with van der Waals surface area (Å²) in [6.07, 6.45) is 0. The van der Waals surface area contributed by atoms with Crippen molar-refractivity contribution in [1.29, 1.82) is 0 Å². The summed E-state index contributed by atoms with van der Waals surface area (Å²) in [7, 11) is 0. The van der Waals surface area contributed by atoms with Gasteiger partial charge in [0, 0.05) is 15.5 Å². The Morgan fingerprint density at radius 1 is 1.00 bits per heavy atom. The molecule has 0 aliphatic carbocycles. The lowest BCUT2D eigenvalue weighted by Gasteiger charge is -2.50. The van der Waals surface area contributed by atoms with Crippen molar-refractivity contribution in [2.45, 2.75) is 26.7 Å². The summed E-state index contributed by atoms with van der Waals surface area (Å²) >= 11 is 3.54.